The zero-order valence-electron chi connectivity index (χ0n) is 18.6. The molecule has 0 spiro atoms. The minimum Gasteiger partial charge on any atom is -0.458 e. The average molecular weight is 447 g/mol. The molecule has 0 saturated carbocycles. The van der Waals surface area contributed by atoms with Gasteiger partial charge >= 0.3 is 5.97 Å². The van der Waals surface area contributed by atoms with E-state index in [4.69, 9.17) is 15.5 Å². The largest absolute Gasteiger partial charge is 0.458 e. The van der Waals surface area contributed by atoms with Gasteiger partial charge in [-0.05, 0) is 42.5 Å². The molecule has 0 unspecified atom stereocenters. The normalized spacial score (nSPS) is 18.6. The first kappa shape index (κ1) is 21.3. The molecule has 2 aromatic heterocycles. The predicted molar refractivity (Wildman–Crippen MR) is 121 cm³/mol. The number of ether oxygens (including phenoxy) is 1. The molecule has 5 rings (SSSR count). The van der Waals surface area contributed by atoms with E-state index >= 15 is 0 Å². The summed E-state index contributed by atoms with van der Waals surface area (Å²) in [4.78, 5) is 42.0. The molecule has 1 amide bonds. The maximum absolute atomic E-state index is 13.3. The zero-order chi connectivity index (χ0) is 23.5. The maximum Gasteiger partial charge on any atom is 0.343 e. The molecule has 3 N–H and O–H groups in total. The second kappa shape index (κ2) is 7.52. The van der Waals surface area contributed by atoms with Crippen LogP contribution in [0.4, 0.5) is 0 Å². The first-order valence-corrected chi connectivity index (χ1v) is 11.2. The molecule has 8 heteroatoms. The van der Waals surface area contributed by atoms with Crippen molar-refractivity contribution in [1.29, 1.82) is 0 Å². The van der Waals surface area contributed by atoms with Crippen molar-refractivity contribution in [2.75, 3.05) is 0 Å². The molecule has 170 valence electrons. The van der Waals surface area contributed by atoms with E-state index in [1.165, 1.54) is 0 Å². The third-order valence-electron chi connectivity index (χ3n) is 6.87. The lowest BCUT2D eigenvalue weighted by Gasteiger charge is -2.31. The summed E-state index contributed by atoms with van der Waals surface area (Å²) in [5.41, 5.74) is 8.83. The number of pyridine rings is 2. The van der Waals surface area contributed by atoms with Gasteiger partial charge in [-0.25, -0.2) is 9.78 Å². The van der Waals surface area contributed by atoms with Gasteiger partial charge in [-0.3, -0.25) is 9.59 Å². The average Bonchev–Trinajstić information content (AvgIpc) is 3.17. The van der Waals surface area contributed by atoms with Crippen molar-refractivity contribution in [3.8, 4) is 11.4 Å². The number of hydrogen-bond acceptors (Lipinski definition) is 6. The number of carbonyl (C=O) groups excluding carboxylic acids is 2. The Morgan fingerprint density at radius 3 is 2.70 bits per heavy atom. The van der Waals surface area contributed by atoms with Crippen molar-refractivity contribution >= 4 is 22.8 Å². The summed E-state index contributed by atoms with van der Waals surface area (Å²) in [5.74, 6) is -1.10. The van der Waals surface area contributed by atoms with Crippen LogP contribution in [0.15, 0.2) is 29.1 Å². The van der Waals surface area contributed by atoms with Gasteiger partial charge in [-0.2, -0.15) is 0 Å². The number of nitrogens with zero attached hydrogens (tertiary/aromatic N) is 2. The first-order chi connectivity index (χ1) is 15.8. The number of rotatable bonds is 5. The fourth-order valence-corrected chi connectivity index (χ4v) is 4.94. The molecular weight excluding hydrogens is 422 g/mol. The zero-order valence-corrected chi connectivity index (χ0v) is 18.6. The number of fused-ring (bicyclic) bond motifs is 5. The van der Waals surface area contributed by atoms with E-state index in [0.717, 1.165) is 34.0 Å². The summed E-state index contributed by atoms with van der Waals surface area (Å²) < 4.78 is 6.75. The third-order valence-corrected chi connectivity index (χ3v) is 6.87. The Labute approximate surface area is 190 Å². The lowest BCUT2D eigenvalue weighted by atomic mass is 9.86. The van der Waals surface area contributed by atoms with Gasteiger partial charge in [0.15, 0.2) is 5.60 Å². The SMILES string of the molecule is CCc1ccc(CCC(N)=O)c2cc3c(nc12)-c1cc2c(c(=O)n1C3)COC(=O)[C@]2(O)CC. The number of nitrogens with two attached hydrogens (primary N) is 1. The molecule has 0 saturated heterocycles. The molecule has 1 aromatic carbocycles. The molecule has 0 bridgehead atoms. The van der Waals surface area contributed by atoms with E-state index in [1.54, 1.807) is 17.6 Å². The minimum absolute atomic E-state index is 0.100. The number of aromatic nitrogens is 2. The second-order valence-corrected chi connectivity index (χ2v) is 8.70. The van der Waals surface area contributed by atoms with Gasteiger partial charge in [0.1, 0.15) is 6.61 Å². The summed E-state index contributed by atoms with van der Waals surface area (Å²) in [7, 11) is 0. The van der Waals surface area contributed by atoms with Crippen LogP contribution in [0.1, 0.15) is 54.5 Å². The van der Waals surface area contributed by atoms with Crippen LogP contribution in [0.25, 0.3) is 22.3 Å². The molecule has 2 aliphatic rings. The van der Waals surface area contributed by atoms with Crippen LogP contribution in [0.2, 0.25) is 0 Å². The van der Waals surface area contributed by atoms with Crippen LogP contribution < -0.4 is 11.3 Å². The van der Waals surface area contributed by atoms with Crippen LogP contribution in [0.3, 0.4) is 0 Å². The topological polar surface area (TPSA) is 125 Å². The Hall–Kier alpha value is -3.52. The van der Waals surface area contributed by atoms with E-state index in [0.29, 0.717) is 35.5 Å². The molecule has 1 atom stereocenters. The van der Waals surface area contributed by atoms with Gasteiger partial charge < -0.3 is 20.1 Å². The van der Waals surface area contributed by atoms with Crippen molar-refractivity contribution in [3.63, 3.8) is 0 Å². The molecule has 3 aromatic rings. The molecular formula is C25H25N3O5. The first-order valence-electron chi connectivity index (χ1n) is 11.2. The number of carbonyl (C=O) groups is 2. The van der Waals surface area contributed by atoms with Crippen molar-refractivity contribution < 1.29 is 19.4 Å². The Balaban J connectivity index is 1.74. The second-order valence-electron chi connectivity index (χ2n) is 8.70. The number of amides is 1. The molecule has 0 radical (unpaired) electrons. The highest BCUT2D eigenvalue weighted by atomic mass is 16.6. The number of primary amides is 1. The number of aliphatic hydroxyl groups is 1. The van der Waals surface area contributed by atoms with Gasteiger partial charge in [-0.15, -0.1) is 0 Å². The van der Waals surface area contributed by atoms with Gasteiger partial charge in [0.2, 0.25) is 5.91 Å². The lowest BCUT2D eigenvalue weighted by Crippen LogP contribution is -2.44. The maximum atomic E-state index is 13.3. The lowest BCUT2D eigenvalue weighted by molar-refractivity contribution is -0.172. The summed E-state index contributed by atoms with van der Waals surface area (Å²) >= 11 is 0. The Bertz CT molecular complexity index is 1410. The Morgan fingerprint density at radius 1 is 1.24 bits per heavy atom. The van der Waals surface area contributed by atoms with Gasteiger partial charge in [0, 0.05) is 22.9 Å². The molecule has 8 nitrogen and oxygen atoms in total. The van der Waals surface area contributed by atoms with Crippen molar-refractivity contribution in [2.24, 2.45) is 5.73 Å². The summed E-state index contributed by atoms with van der Waals surface area (Å²) in [6.45, 7) is 3.92. The highest BCUT2D eigenvalue weighted by molar-refractivity contribution is 5.90. The third kappa shape index (κ3) is 3.08. The number of benzene rings is 1. The number of esters is 1. The highest BCUT2D eigenvalue weighted by Gasteiger charge is 2.45. The van der Waals surface area contributed by atoms with E-state index in [2.05, 4.69) is 6.92 Å². The number of cyclic esters (lactones) is 1. The molecule has 0 aliphatic carbocycles. The van der Waals surface area contributed by atoms with Crippen molar-refractivity contribution in [3.05, 3.63) is 62.4 Å². The quantitative estimate of drug-likeness (QED) is 0.451. The van der Waals surface area contributed by atoms with Crippen LogP contribution >= 0.6 is 0 Å². The Kier molecular flexibility index (Phi) is 4.86. The Morgan fingerprint density at radius 2 is 2.00 bits per heavy atom. The molecule has 0 fully saturated rings. The van der Waals surface area contributed by atoms with Gasteiger partial charge in [-0.1, -0.05) is 26.0 Å². The smallest absolute Gasteiger partial charge is 0.343 e. The standard InChI is InChI=1S/C25H25N3O5/c1-3-13-5-6-14(7-8-20(26)29)16-9-15-11-28-19(22(15)27-21(13)16)10-18-17(23(28)30)12-33-24(31)25(18,32)4-2/h5-6,9-10,32H,3-4,7-8,11-12H2,1-2H3,(H2,26,29)/t25-/m0/s1. The number of aryl methyl sites for hydroxylation is 2. The van der Waals surface area contributed by atoms with Gasteiger partial charge in [0.05, 0.1) is 29.0 Å². The fraction of sp³-hybridized carbons (Fsp3) is 0.360. The monoisotopic (exact) mass is 447 g/mol. The van der Waals surface area contributed by atoms with Crippen LogP contribution in [0.5, 0.6) is 0 Å². The van der Waals surface area contributed by atoms with E-state index in [1.807, 2.05) is 18.2 Å². The summed E-state index contributed by atoms with van der Waals surface area (Å²) in [6, 6.07) is 7.77. The van der Waals surface area contributed by atoms with Crippen LogP contribution in [-0.4, -0.2) is 26.5 Å². The van der Waals surface area contributed by atoms with E-state index < -0.39 is 11.6 Å². The molecule has 2 aliphatic heterocycles. The minimum atomic E-state index is -1.85. The number of hydrogen-bond donors (Lipinski definition) is 2. The molecule has 4 heterocycles. The highest BCUT2D eigenvalue weighted by Crippen LogP contribution is 2.39. The van der Waals surface area contributed by atoms with Crippen molar-refractivity contribution in [1.82, 2.24) is 9.55 Å². The van der Waals surface area contributed by atoms with E-state index in [9.17, 15) is 19.5 Å². The predicted octanol–water partition coefficient (Wildman–Crippen LogP) is 2.06. The molecule has 33 heavy (non-hydrogen) atoms. The van der Waals surface area contributed by atoms with E-state index in [-0.39, 0.29) is 30.9 Å². The fourth-order valence-electron chi connectivity index (χ4n) is 4.94. The summed E-state index contributed by atoms with van der Waals surface area (Å²) in [5, 5.41) is 12.0. The van der Waals surface area contributed by atoms with Gasteiger partial charge in [0.25, 0.3) is 5.56 Å². The van der Waals surface area contributed by atoms with Crippen molar-refractivity contribution in [2.45, 2.75) is 58.3 Å². The van der Waals surface area contributed by atoms with Crippen LogP contribution in [-0.2, 0) is 45.9 Å². The summed E-state index contributed by atoms with van der Waals surface area (Å²) in [6.07, 6.45) is 1.63. The van der Waals surface area contributed by atoms with Crippen LogP contribution in [0, 0.1) is 0 Å².